The van der Waals surface area contributed by atoms with Crippen LogP contribution < -0.4 is 10.1 Å². The fourth-order valence-electron chi connectivity index (χ4n) is 4.48. The third-order valence-corrected chi connectivity index (χ3v) is 6.70. The molecule has 2 aliphatic rings. The van der Waals surface area contributed by atoms with Gasteiger partial charge in [-0.1, -0.05) is 12.1 Å². The topological polar surface area (TPSA) is 100 Å². The predicted molar refractivity (Wildman–Crippen MR) is 142 cm³/mol. The second-order valence-electron chi connectivity index (χ2n) is 9.40. The van der Waals surface area contributed by atoms with Crippen LogP contribution in [-0.2, 0) is 17.8 Å². The van der Waals surface area contributed by atoms with Crippen molar-refractivity contribution in [1.82, 2.24) is 24.7 Å². The van der Waals surface area contributed by atoms with E-state index in [0.29, 0.717) is 30.1 Å². The number of carbonyl (C=O) groups excluding carboxylic acids is 2. The lowest BCUT2D eigenvalue weighted by Gasteiger charge is -2.33. The van der Waals surface area contributed by atoms with Crippen molar-refractivity contribution in [1.29, 1.82) is 0 Å². The van der Waals surface area contributed by atoms with Gasteiger partial charge in [-0.05, 0) is 48.0 Å². The maximum absolute atomic E-state index is 12.7. The summed E-state index contributed by atoms with van der Waals surface area (Å²) in [6.45, 7) is 7.64. The van der Waals surface area contributed by atoms with E-state index in [4.69, 9.17) is 9.47 Å². The summed E-state index contributed by atoms with van der Waals surface area (Å²) in [7, 11) is 0. The number of aromatic nitrogens is 2. The van der Waals surface area contributed by atoms with Gasteiger partial charge in [-0.25, -0.2) is 14.8 Å². The number of amides is 2. The molecule has 1 aromatic heterocycles. The van der Waals surface area contributed by atoms with Gasteiger partial charge in [0.2, 0.25) is 0 Å². The van der Waals surface area contributed by atoms with E-state index in [1.54, 1.807) is 41.7 Å². The molecule has 10 nitrogen and oxygen atoms in total. The summed E-state index contributed by atoms with van der Waals surface area (Å²) >= 11 is 0. The molecule has 10 heteroatoms. The summed E-state index contributed by atoms with van der Waals surface area (Å²) in [6.07, 6.45) is 2.91. The van der Waals surface area contributed by atoms with Crippen molar-refractivity contribution in [3.63, 3.8) is 0 Å². The molecule has 2 saturated heterocycles. The number of ether oxygens (including phenoxy) is 2. The zero-order chi connectivity index (χ0) is 26.2. The van der Waals surface area contributed by atoms with Crippen molar-refractivity contribution in [2.75, 3.05) is 57.8 Å². The van der Waals surface area contributed by atoms with Crippen molar-refractivity contribution in [3.05, 3.63) is 83.9 Å². The van der Waals surface area contributed by atoms with Crippen LogP contribution in [0.4, 0.5) is 10.5 Å². The van der Waals surface area contributed by atoms with Gasteiger partial charge in [0, 0.05) is 69.8 Å². The first-order valence-electron chi connectivity index (χ1n) is 12.9. The molecular formula is C28H32N6O4. The molecule has 3 heterocycles. The van der Waals surface area contributed by atoms with E-state index in [2.05, 4.69) is 25.1 Å². The Bertz CT molecular complexity index is 1190. The van der Waals surface area contributed by atoms with Crippen molar-refractivity contribution >= 4 is 17.7 Å². The quantitative estimate of drug-likeness (QED) is 0.512. The highest BCUT2D eigenvalue weighted by molar-refractivity contribution is 6.04. The van der Waals surface area contributed by atoms with Gasteiger partial charge in [-0.2, -0.15) is 0 Å². The van der Waals surface area contributed by atoms with Gasteiger partial charge in [0.25, 0.3) is 5.91 Å². The zero-order valence-electron chi connectivity index (χ0n) is 21.3. The zero-order valence-corrected chi connectivity index (χ0v) is 21.3. The van der Waals surface area contributed by atoms with Crippen LogP contribution in [0.2, 0.25) is 0 Å². The van der Waals surface area contributed by atoms with Gasteiger partial charge in [-0.3, -0.25) is 14.6 Å². The average Bonchev–Trinajstić information content (AvgIpc) is 2.96. The van der Waals surface area contributed by atoms with Crippen LogP contribution in [0.15, 0.2) is 67.1 Å². The third kappa shape index (κ3) is 7.12. The number of nitrogens with zero attached hydrogens (tertiary/aromatic N) is 5. The van der Waals surface area contributed by atoms with Crippen LogP contribution in [0, 0.1) is 0 Å². The Balaban J connectivity index is 1.06. The Labute approximate surface area is 222 Å². The van der Waals surface area contributed by atoms with E-state index in [1.807, 2.05) is 30.3 Å². The highest BCUT2D eigenvalue weighted by Gasteiger charge is 2.23. The lowest BCUT2D eigenvalue weighted by Crippen LogP contribution is -2.49. The van der Waals surface area contributed by atoms with Crippen LogP contribution in [0.5, 0.6) is 5.75 Å². The number of carbonyl (C=O) groups is 2. The standard InChI is InChI=1S/C28H32N6O4/c35-27(23-3-1-22(2-4-23)19-33-15-17-37-18-16-33)31-24-5-7-26(8-6-24)38-28(36)34-13-11-32(12-14-34)20-25-9-10-29-21-30-25/h1-10,21H,11-20H2,(H,31,35). The minimum atomic E-state index is -0.374. The van der Waals surface area contributed by atoms with Crippen LogP contribution >= 0.6 is 0 Å². The maximum Gasteiger partial charge on any atom is 0.415 e. The molecule has 3 aromatic rings. The number of nitrogens with one attached hydrogen (secondary N) is 1. The Morgan fingerprint density at radius 2 is 1.55 bits per heavy atom. The number of hydrogen-bond donors (Lipinski definition) is 1. The second kappa shape index (κ2) is 12.6. The second-order valence-corrected chi connectivity index (χ2v) is 9.40. The molecule has 38 heavy (non-hydrogen) atoms. The highest BCUT2D eigenvalue weighted by Crippen LogP contribution is 2.19. The molecule has 2 aromatic carbocycles. The van der Waals surface area contributed by atoms with Gasteiger partial charge in [-0.15, -0.1) is 0 Å². The molecule has 0 atom stereocenters. The lowest BCUT2D eigenvalue weighted by molar-refractivity contribution is 0.0342. The van der Waals surface area contributed by atoms with Gasteiger partial charge in [0.1, 0.15) is 12.1 Å². The molecule has 198 valence electrons. The Morgan fingerprint density at radius 1 is 0.842 bits per heavy atom. The van der Waals surface area contributed by atoms with Crippen molar-refractivity contribution in [2.24, 2.45) is 0 Å². The summed E-state index contributed by atoms with van der Waals surface area (Å²) in [5, 5.41) is 2.90. The monoisotopic (exact) mass is 516 g/mol. The molecule has 2 aliphatic heterocycles. The summed E-state index contributed by atoms with van der Waals surface area (Å²) in [6, 6.07) is 16.4. The molecule has 0 bridgehead atoms. The van der Waals surface area contributed by atoms with Gasteiger partial charge < -0.3 is 19.7 Å². The largest absolute Gasteiger partial charge is 0.415 e. The average molecular weight is 517 g/mol. The van der Waals surface area contributed by atoms with Crippen LogP contribution in [0.1, 0.15) is 21.6 Å². The van der Waals surface area contributed by atoms with Gasteiger partial charge in [0.15, 0.2) is 0 Å². The van der Waals surface area contributed by atoms with Crippen molar-refractivity contribution in [3.8, 4) is 5.75 Å². The molecule has 1 N–H and O–H groups in total. The molecule has 0 radical (unpaired) electrons. The number of hydrogen-bond acceptors (Lipinski definition) is 8. The summed E-state index contributed by atoms with van der Waals surface area (Å²) in [4.78, 5) is 39.8. The number of morpholine rings is 1. The maximum atomic E-state index is 12.7. The molecular weight excluding hydrogens is 484 g/mol. The first-order valence-corrected chi connectivity index (χ1v) is 12.9. The smallest absolute Gasteiger partial charge is 0.410 e. The van der Waals surface area contributed by atoms with E-state index in [-0.39, 0.29) is 12.0 Å². The SMILES string of the molecule is O=C(Nc1ccc(OC(=O)N2CCN(Cc3ccncn3)CC2)cc1)c1ccc(CN2CCOCC2)cc1. The molecule has 2 amide bonds. The minimum Gasteiger partial charge on any atom is -0.410 e. The van der Waals surface area contributed by atoms with Gasteiger partial charge in [0.05, 0.1) is 18.9 Å². The minimum absolute atomic E-state index is 0.187. The summed E-state index contributed by atoms with van der Waals surface area (Å²) in [5.74, 6) is 0.247. The van der Waals surface area contributed by atoms with Crippen molar-refractivity contribution < 1.29 is 19.1 Å². The van der Waals surface area contributed by atoms with Crippen LogP contribution in [0.25, 0.3) is 0 Å². The Morgan fingerprint density at radius 3 is 2.24 bits per heavy atom. The molecule has 0 aliphatic carbocycles. The van der Waals surface area contributed by atoms with E-state index < -0.39 is 0 Å². The first kappa shape index (κ1) is 25.8. The number of benzene rings is 2. The fourth-order valence-corrected chi connectivity index (χ4v) is 4.48. The summed E-state index contributed by atoms with van der Waals surface area (Å²) < 4.78 is 10.9. The van der Waals surface area contributed by atoms with E-state index in [0.717, 1.165) is 58.2 Å². The van der Waals surface area contributed by atoms with E-state index in [1.165, 1.54) is 5.56 Å². The predicted octanol–water partition coefficient (Wildman–Crippen LogP) is 2.88. The first-order chi connectivity index (χ1) is 18.6. The Hall–Kier alpha value is -3.86. The summed E-state index contributed by atoms with van der Waals surface area (Å²) in [5.41, 5.74) is 3.35. The lowest BCUT2D eigenvalue weighted by atomic mass is 10.1. The number of piperazine rings is 1. The number of rotatable bonds is 7. The van der Waals surface area contributed by atoms with E-state index in [9.17, 15) is 9.59 Å². The molecule has 2 fully saturated rings. The highest BCUT2D eigenvalue weighted by atomic mass is 16.6. The number of anilines is 1. The van der Waals surface area contributed by atoms with Crippen molar-refractivity contribution in [2.45, 2.75) is 13.1 Å². The molecule has 5 rings (SSSR count). The van der Waals surface area contributed by atoms with Crippen LogP contribution in [-0.4, -0.2) is 89.2 Å². The normalized spacial score (nSPS) is 16.7. The van der Waals surface area contributed by atoms with Gasteiger partial charge >= 0.3 is 6.09 Å². The molecule has 0 spiro atoms. The fraction of sp³-hybridized carbons (Fsp3) is 0.357. The van der Waals surface area contributed by atoms with Crippen LogP contribution in [0.3, 0.4) is 0 Å². The third-order valence-electron chi connectivity index (χ3n) is 6.70. The Kier molecular flexibility index (Phi) is 8.54. The van der Waals surface area contributed by atoms with E-state index >= 15 is 0 Å². The molecule has 0 saturated carbocycles. The molecule has 0 unspecified atom stereocenters.